The lowest BCUT2D eigenvalue weighted by Crippen LogP contribution is -2.51. The monoisotopic (exact) mass is 382 g/mol. The fraction of sp³-hybridized carbons (Fsp3) is 0.652. The molecule has 2 aliphatic carbocycles. The molecule has 1 N–H and O–H groups in total. The van der Waals surface area contributed by atoms with Crippen LogP contribution in [0.15, 0.2) is 30.3 Å². The molecule has 2 saturated heterocycles. The van der Waals surface area contributed by atoms with Gasteiger partial charge in [-0.15, -0.1) is 0 Å². The molecule has 5 heteroatoms. The normalized spacial score (nSPS) is 37.0. The van der Waals surface area contributed by atoms with Crippen molar-refractivity contribution in [1.29, 1.82) is 0 Å². The van der Waals surface area contributed by atoms with E-state index in [-0.39, 0.29) is 29.8 Å². The van der Waals surface area contributed by atoms with Crippen molar-refractivity contribution >= 4 is 11.8 Å². The third-order valence-corrected chi connectivity index (χ3v) is 7.44. The van der Waals surface area contributed by atoms with E-state index in [1.807, 2.05) is 23.1 Å². The van der Waals surface area contributed by atoms with Crippen molar-refractivity contribution in [3.05, 3.63) is 35.9 Å². The number of likely N-dealkylation sites (tertiary alicyclic amines) is 2. The number of nitrogens with zero attached hydrogens (tertiary/aromatic N) is 2. The molecule has 0 bridgehead atoms. The molecule has 28 heavy (non-hydrogen) atoms. The minimum absolute atomic E-state index is 0.0301. The van der Waals surface area contributed by atoms with Crippen molar-refractivity contribution in [2.24, 2.45) is 11.8 Å². The number of aliphatic hydroxyl groups is 1. The van der Waals surface area contributed by atoms with Crippen LogP contribution in [0.3, 0.4) is 0 Å². The zero-order valence-electron chi connectivity index (χ0n) is 16.4. The van der Waals surface area contributed by atoms with Gasteiger partial charge in [0.1, 0.15) is 6.04 Å². The Bertz CT molecular complexity index is 751. The Morgan fingerprint density at radius 3 is 2.50 bits per heavy atom. The van der Waals surface area contributed by atoms with Gasteiger partial charge >= 0.3 is 0 Å². The van der Waals surface area contributed by atoms with Crippen LogP contribution in [0, 0.1) is 11.8 Å². The Kier molecular flexibility index (Phi) is 4.66. The highest BCUT2D eigenvalue weighted by Gasteiger charge is 2.54. The fourth-order valence-corrected chi connectivity index (χ4v) is 5.88. The quantitative estimate of drug-likeness (QED) is 0.874. The Hall–Kier alpha value is -1.88. The molecule has 2 aliphatic heterocycles. The highest BCUT2D eigenvalue weighted by molar-refractivity contribution is 5.91. The lowest BCUT2D eigenvalue weighted by Gasteiger charge is -2.35. The lowest BCUT2D eigenvalue weighted by atomic mass is 9.84. The highest BCUT2D eigenvalue weighted by atomic mass is 16.3. The summed E-state index contributed by atoms with van der Waals surface area (Å²) in [5.74, 6) is 1.06. The SMILES string of the molecule is O=C([C@@H]1C[C@@H]2CCCC[C@@H]2N1C(=O)[C@@H]1C[C@H]1c1ccccc1)N1CCC(O)C1. The van der Waals surface area contributed by atoms with Gasteiger partial charge < -0.3 is 14.9 Å². The third kappa shape index (κ3) is 3.14. The molecular weight excluding hydrogens is 352 g/mol. The minimum atomic E-state index is -0.414. The first-order valence-electron chi connectivity index (χ1n) is 11.0. The summed E-state index contributed by atoms with van der Waals surface area (Å²) in [7, 11) is 0. The summed E-state index contributed by atoms with van der Waals surface area (Å²) in [6, 6.07) is 10.2. The van der Waals surface area contributed by atoms with Gasteiger partial charge in [0.25, 0.3) is 0 Å². The fourth-order valence-electron chi connectivity index (χ4n) is 5.88. The molecule has 150 valence electrons. The van der Waals surface area contributed by atoms with Crippen LogP contribution in [0.4, 0.5) is 0 Å². The average Bonchev–Trinajstić information content (AvgIpc) is 3.26. The molecule has 5 nitrogen and oxygen atoms in total. The van der Waals surface area contributed by atoms with E-state index in [0.717, 1.165) is 32.1 Å². The molecule has 4 aliphatic rings. The number of hydrogen-bond acceptors (Lipinski definition) is 3. The predicted octanol–water partition coefficient (Wildman–Crippen LogP) is 2.54. The van der Waals surface area contributed by atoms with E-state index >= 15 is 0 Å². The van der Waals surface area contributed by atoms with Crippen molar-refractivity contribution < 1.29 is 14.7 Å². The van der Waals surface area contributed by atoms with Crippen LogP contribution < -0.4 is 0 Å². The van der Waals surface area contributed by atoms with Gasteiger partial charge in [0.05, 0.1) is 6.10 Å². The number of aliphatic hydroxyl groups excluding tert-OH is 1. The van der Waals surface area contributed by atoms with Crippen molar-refractivity contribution in [3.63, 3.8) is 0 Å². The van der Waals surface area contributed by atoms with E-state index in [4.69, 9.17) is 0 Å². The maximum absolute atomic E-state index is 13.5. The summed E-state index contributed by atoms with van der Waals surface area (Å²) in [5, 5.41) is 9.86. The number of amides is 2. The standard InChI is InChI=1S/C23H30N2O3/c26-17-10-11-24(14-17)23(28)21-12-16-8-4-5-9-20(16)25(21)22(27)19-13-18(19)15-6-2-1-3-7-15/h1-3,6-7,16-21,26H,4-5,8-14H2/t16-,17?,18-,19+,20-,21-/m0/s1. The topological polar surface area (TPSA) is 60.9 Å². The smallest absolute Gasteiger partial charge is 0.245 e. The van der Waals surface area contributed by atoms with Crippen LogP contribution in [-0.4, -0.2) is 58.0 Å². The molecule has 2 saturated carbocycles. The third-order valence-electron chi connectivity index (χ3n) is 7.44. The maximum Gasteiger partial charge on any atom is 0.245 e. The number of rotatable bonds is 3. The summed E-state index contributed by atoms with van der Waals surface area (Å²) < 4.78 is 0. The van der Waals surface area contributed by atoms with Gasteiger partial charge in [0.2, 0.25) is 11.8 Å². The van der Waals surface area contributed by atoms with Gasteiger partial charge in [-0.25, -0.2) is 0 Å². The minimum Gasteiger partial charge on any atom is -0.391 e. The zero-order valence-corrected chi connectivity index (χ0v) is 16.4. The van der Waals surface area contributed by atoms with Gasteiger partial charge in [0, 0.05) is 25.0 Å². The second-order valence-electron chi connectivity index (χ2n) is 9.20. The van der Waals surface area contributed by atoms with Crippen LogP contribution in [-0.2, 0) is 9.59 Å². The van der Waals surface area contributed by atoms with Crippen molar-refractivity contribution in [1.82, 2.24) is 9.80 Å². The molecule has 2 heterocycles. The predicted molar refractivity (Wildman–Crippen MR) is 105 cm³/mol. The number of benzene rings is 1. The first kappa shape index (κ1) is 18.2. The van der Waals surface area contributed by atoms with E-state index in [0.29, 0.717) is 31.3 Å². The van der Waals surface area contributed by atoms with Crippen LogP contribution in [0.5, 0.6) is 0 Å². The molecule has 0 spiro atoms. The number of β-amino-alcohol motifs (C(OH)–C–C–N with tert-alkyl or cyclic N) is 1. The largest absolute Gasteiger partial charge is 0.391 e. The van der Waals surface area contributed by atoms with E-state index < -0.39 is 6.10 Å². The van der Waals surface area contributed by atoms with Crippen LogP contribution >= 0.6 is 0 Å². The molecule has 1 aromatic carbocycles. The summed E-state index contributed by atoms with van der Waals surface area (Å²) in [6.07, 6.45) is 6.48. The molecule has 0 radical (unpaired) electrons. The second-order valence-corrected chi connectivity index (χ2v) is 9.20. The van der Waals surface area contributed by atoms with Gasteiger partial charge in [0.15, 0.2) is 0 Å². The molecule has 1 aromatic rings. The zero-order chi connectivity index (χ0) is 19.3. The van der Waals surface area contributed by atoms with Crippen molar-refractivity contribution in [2.75, 3.05) is 13.1 Å². The van der Waals surface area contributed by atoms with Gasteiger partial charge in [-0.05, 0) is 49.5 Å². The Labute approximate surface area is 166 Å². The first-order valence-corrected chi connectivity index (χ1v) is 11.0. The second kappa shape index (κ2) is 7.18. The molecule has 6 atom stereocenters. The molecule has 5 rings (SSSR count). The molecular formula is C23H30N2O3. The number of hydrogen-bond donors (Lipinski definition) is 1. The highest BCUT2D eigenvalue weighted by Crippen LogP contribution is 2.51. The van der Waals surface area contributed by atoms with Gasteiger partial charge in [-0.2, -0.15) is 0 Å². The summed E-state index contributed by atoms with van der Waals surface area (Å²) in [5.41, 5.74) is 1.24. The summed E-state index contributed by atoms with van der Waals surface area (Å²) in [6.45, 7) is 1.03. The van der Waals surface area contributed by atoms with Gasteiger partial charge in [-0.1, -0.05) is 43.2 Å². The molecule has 2 amide bonds. The summed E-state index contributed by atoms with van der Waals surface area (Å²) >= 11 is 0. The average molecular weight is 383 g/mol. The summed E-state index contributed by atoms with van der Waals surface area (Å²) in [4.78, 5) is 30.6. The van der Waals surface area contributed by atoms with Crippen LogP contribution in [0.2, 0.25) is 0 Å². The number of fused-ring (bicyclic) bond motifs is 1. The Balaban J connectivity index is 1.36. The van der Waals surface area contributed by atoms with Gasteiger partial charge in [-0.3, -0.25) is 9.59 Å². The molecule has 4 fully saturated rings. The van der Waals surface area contributed by atoms with Crippen LogP contribution in [0.1, 0.15) is 56.4 Å². The van der Waals surface area contributed by atoms with E-state index in [1.54, 1.807) is 4.90 Å². The molecule has 0 aromatic heterocycles. The maximum atomic E-state index is 13.5. The molecule has 1 unspecified atom stereocenters. The van der Waals surface area contributed by atoms with Crippen LogP contribution in [0.25, 0.3) is 0 Å². The Morgan fingerprint density at radius 2 is 1.75 bits per heavy atom. The van der Waals surface area contributed by atoms with Crippen molar-refractivity contribution in [2.45, 2.75) is 69.1 Å². The van der Waals surface area contributed by atoms with E-state index in [2.05, 4.69) is 12.1 Å². The van der Waals surface area contributed by atoms with E-state index in [1.165, 1.54) is 12.0 Å². The number of carbonyl (C=O) groups is 2. The van der Waals surface area contributed by atoms with Crippen molar-refractivity contribution in [3.8, 4) is 0 Å². The lowest BCUT2D eigenvalue weighted by molar-refractivity contribution is -0.146. The number of carbonyl (C=O) groups excluding carboxylic acids is 2. The Morgan fingerprint density at radius 1 is 0.964 bits per heavy atom. The first-order chi connectivity index (χ1) is 13.6. The van der Waals surface area contributed by atoms with E-state index in [9.17, 15) is 14.7 Å².